The number of carbonyl (C=O) groups is 2. The molecule has 0 aliphatic carbocycles. The Hall–Kier alpha value is -1.04. The molecule has 1 atom stereocenters. The zero-order chi connectivity index (χ0) is 11.2. The number of unbranched alkanes of at least 4 members (excludes halogenated alkanes) is 1. The Morgan fingerprint density at radius 1 is 1.29 bits per heavy atom. The van der Waals surface area contributed by atoms with E-state index >= 15 is 0 Å². The van der Waals surface area contributed by atoms with Crippen molar-refractivity contribution in [3.63, 3.8) is 0 Å². The highest BCUT2D eigenvalue weighted by molar-refractivity contribution is 6.08. The molecule has 14 heavy (non-hydrogen) atoms. The lowest BCUT2D eigenvalue weighted by atomic mass is 9.88. The summed E-state index contributed by atoms with van der Waals surface area (Å²) >= 11 is 0. The first-order chi connectivity index (χ1) is 6.42. The number of hydrogen-bond acceptors (Lipinski definition) is 3. The fourth-order valence-corrected chi connectivity index (χ4v) is 1.23. The van der Waals surface area contributed by atoms with Gasteiger partial charge in [0.25, 0.3) is 0 Å². The molecule has 0 heterocycles. The molecule has 80 valence electrons. The third-order valence-corrected chi connectivity index (χ3v) is 2.12. The Kier molecular flexibility index (Phi) is 5.23. The summed E-state index contributed by atoms with van der Waals surface area (Å²) in [4.78, 5) is 21.2. The van der Waals surface area contributed by atoms with E-state index in [4.69, 9.17) is 15.9 Å². The van der Waals surface area contributed by atoms with Crippen molar-refractivity contribution < 1.29 is 19.8 Å². The van der Waals surface area contributed by atoms with Gasteiger partial charge in [0.05, 0.1) is 6.42 Å². The van der Waals surface area contributed by atoms with Crippen molar-refractivity contribution >= 4 is 19.8 Å². The Bertz CT molecular complexity index is 221. The minimum atomic E-state index is -1.61. The lowest BCUT2D eigenvalue weighted by molar-refractivity contribution is -0.150. The van der Waals surface area contributed by atoms with Crippen molar-refractivity contribution in [3.05, 3.63) is 0 Å². The second-order valence-electron chi connectivity index (χ2n) is 3.49. The van der Waals surface area contributed by atoms with E-state index in [-0.39, 0.29) is 6.42 Å². The highest BCUT2D eigenvalue weighted by Gasteiger charge is 2.35. The standard InChI is InChI=1S/C8H16BNO4/c9-4-2-1-3-8(10,7(13)14)5-6(11)12/h1-5,9-10H2,(H,11,12)(H,13,14). The zero-order valence-electron chi connectivity index (χ0n) is 8.32. The number of aliphatic carboxylic acids is 2. The number of rotatable bonds is 7. The molecular formula is C8H16BNO4. The molecule has 0 aliphatic rings. The third-order valence-electron chi connectivity index (χ3n) is 2.12. The van der Waals surface area contributed by atoms with E-state index in [1.165, 1.54) is 0 Å². The molecule has 0 radical (unpaired) electrons. The fourth-order valence-electron chi connectivity index (χ4n) is 1.23. The molecule has 0 aliphatic heterocycles. The van der Waals surface area contributed by atoms with Gasteiger partial charge in [-0.1, -0.05) is 19.2 Å². The maximum atomic E-state index is 10.8. The van der Waals surface area contributed by atoms with Crippen LogP contribution < -0.4 is 5.73 Å². The number of carboxylic acids is 2. The minimum Gasteiger partial charge on any atom is -0.481 e. The molecule has 0 fully saturated rings. The summed E-state index contributed by atoms with van der Waals surface area (Å²) in [6, 6.07) is 0. The normalized spacial score (nSPS) is 14.6. The van der Waals surface area contributed by atoms with Gasteiger partial charge in [0.2, 0.25) is 0 Å². The minimum absolute atomic E-state index is 0.211. The van der Waals surface area contributed by atoms with Crippen LogP contribution in [0.15, 0.2) is 0 Å². The number of hydrogen-bond donors (Lipinski definition) is 3. The van der Waals surface area contributed by atoms with Gasteiger partial charge in [-0.25, -0.2) is 0 Å². The quantitative estimate of drug-likeness (QED) is 0.379. The van der Waals surface area contributed by atoms with Crippen molar-refractivity contribution in [3.8, 4) is 0 Å². The topological polar surface area (TPSA) is 101 Å². The van der Waals surface area contributed by atoms with Crippen LogP contribution in [-0.2, 0) is 9.59 Å². The lowest BCUT2D eigenvalue weighted by Crippen LogP contribution is -2.49. The number of carboxylic acid groups (broad SMARTS) is 2. The molecule has 0 amide bonds. The molecule has 4 N–H and O–H groups in total. The van der Waals surface area contributed by atoms with Crippen LogP contribution in [0.2, 0.25) is 6.32 Å². The Morgan fingerprint density at radius 2 is 1.86 bits per heavy atom. The van der Waals surface area contributed by atoms with Gasteiger partial charge >= 0.3 is 11.9 Å². The van der Waals surface area contributed by atoms with Gasteiger partial charge in [0.1, 0.15) is 13.4 Å². The van der Waals surface area contributed by atoms with E-state index in [1.54, 1.807) is 0 Å². The monoisotopic (exact) mass is 201 g/mol. The van der Waals surface area contributed by atoms with Crippen molar-refractivity contribution in [2.45, 2.75) is 37.5 Å². The summed E-state index contributed by atoms with van der Waals surface area (Å²) < 4.78 is 0. The second kappa shape index (κ2) is 5.64. The smallest absolute Gasteiger partial charge is 0.324 e. The SMILES string of the molecule is BCCCCC(N)(CC(=O)O)C(=O)O. The molecule has 6 heteroatoms. The van der Waals surface area contributed by atoms with Crippen molar-refractivity contribution in [2.75, 3.05) is 0 Å². The summed E-state index contributed by atoms with van der Waals surface area (Å²) in [5.41, 5.74) is 3.89. The van der Waals surface area contributed by atoms with Crippen LogP contribution in [0.1, 0.15) is 25.7 Å². The van der Waals surface area contributed by atoms with Gasteiger partial charge in [-0.3, -0.25) is 9.59 Å². The molecule has 0 spiro atoms. The molecule has 5 nitrogen and oxygen atoms in total. The van der Waals surface area contributed by atoms with E-state index < -0.39 is 23.9 Å². The Morgan fingerprint density at radius 3 is 2.21 bits per heavy atom. The fraction of sp³-hybridized carbons (Fsp3) is 0.750. The number of nitrogens with two attached hydrogens (primary N) is 1. The molecule has 1 unspecified atom stereocenters. The first-order valence-electron chi connectivity index (χ1n) is 4.66. The Labute approximate surface area is 83.7 Å². The highest BCUT2D eigenvalue weighted by Crippen LogP contribution is 2.16. The highest BCUT2D eigenvalue weighted by atomic mass is 16.4. The molecule has 0 aromatic rings. The van der Waals surface area contributed by atoms with Crippen LogP contribution in [-0.4, -0.2) is 35.5 Å². The van der Waals surface area contributed by atoms with Crippen LogP contribution >= 0.6 is 0 Å². The molecule has 0 aromatic heterocycles. The van der Waals surface area contributed by atoms with E-state index in [9.17, 15) is 9.59 Å². The van der Waals surface area contributed by atoms with E-state index in [2.05, 4.69) is 0 Å². The third kappa shape index (κ3) is 4.27. The lowest BCUT2D eigenvalue weighted by Gasteiger charge is -2.22. The van der Waals surface area contributed by atoms with Gasteiger partial charge in [0.15, 0.2) is 0 Å². The van der Waals surface area contributed by atoms with Crippen LogP contribution in [0.3, 0.4) is 0 Å². The summed E-state index contributed by atoms with van der Waals surface area (Å²) in [6.07, 6.45) is 2.15. The predicted octanol–water partition coefficient (Wildman–Crippen LogP) is -0.535. The molecule has 0 saturated carbocycles. The van der Waals surface area contributed by atoms with Crippen LogP contribution in [0, 0.1) is 0 Å². The zero-order valence-corrected chi connectivity index (χ0v) is 8.32. The molecule has 0 rings (SSSR count). The van der Waals surface area contributed by atoms with Crippen molar-refractivity contribution in [1.82, 2.24) is 0 Å². The average Bonchev–Trinajstić information content (AvgIpc) is 2.03. The summed E-state index contributed by atoms with van der Waals surface area (Å²) in [5, 5.41) is 17.3. The van der Waals surface area contributed by atoms with Gasteiger partial charge in [-0.15, -0.1) is 0 Å². The van der Waals surface area contributed by atoms with Gasteiger partial charge in [0, 0.05) is 0 Å². The summed E-state index contributed by atoms with van der Waals surface area (Å²) in [5.74, 6) is -2.41. The molecular weight excluding hydrogens is 185 g/mol. The van der Waals surface area contributed by atoms with E-state index in [1.807, 2.05) is 7.85 Å². The first-order valence-corrected chi connectivity index (χ1v) is 4.66. The maximum absolute atomic E-state index is 10.8. The van der Waals surface area contributed by atoms with E-state index in [0.29, 0.717) is 6.42 Å². The molecule has 0 aromatic carbocycles. The Balaban J connectivity index is 4.24. The average molecular weight is 201 g/mol. The molecule has 0 saturated heterocycles. The summed E-state index contributed by atoms with van der Waals surface area (Å²) in [6.45, 7) is 0. The largest absolute Gasteiger partial charge is 0.481 e. The van der Waals surface area contributed by atoms with E-state index in [0.717, 1.165) is 12.7 Å². The predicted molar refractivity (Wildman–Crippen MR) is 54.0 cm³/mol. The summed E-state index contributed by atoms with van der Waals surface area (Å²) in [7, 11) is 1.98. The van der Waals surface area contributed by atoms with Crippen LogP contribution in [0.25, 0.3) is 0 Å². The molecule has 0 bridgehead atoms. The van der Waals surface area contributed by atoms with Gasteiger partial charge < -0.3 is 15.9 Å². The van der Waals surface area contributed by atoms with Gasteiger partial charge in [-0.2, -0.15) is 0 Å². The van der Waals surface area contributed by atoms with Crippen molar-refractivity contribution in [2.24, 2.45) is 5.73 Å². The van der Waals surface area contributed by atoms with Crippen LogP contribution in [0.4, 0.5) is 0 Å². The second-order valence-corrected chi connectivity index (χ2v) is 3.49. The maximum Gasteiger partial charge on any atom is 0.324 e. The first kappa shape index (κ1) is 13.0. The van der Waals surface area contributed by atoms with Gasteiger partial charge in [-0.05, 0) is 6.42 Å². The van der Waals surface area contributed by atoms with Crippen molar-refractivity contribution in [1.29, 1.82) is 0 Å². The van der Waals surface area contributed by atoms with Crippen LogP contribution in [0.5, 0.6) is 0 Å².